The molecule has 0 aliphatic carbocycles. The van der Waals surface area contributed by atoms with E-state index in [2.05, 4.69) is 32.5 Å². The van der Waals surface area contributed by atoms with Crippen molar-refractivity contribution in [2.75, 3.05) is 20.2 Å². The molecule has 0 saturated carbocycles. The molecule has 3 N–H and O–H groups in total. The fraction of sp³-hybridized carbons (Fsp3) is 0.353. The number of nitrogens with one attached hydrogen (secondary N) is 2. The second-order valence-corrected chi connectivity index (χ2v) is 5.75. The van der Waals surface area contributed by atoms with Gasteiger partial charge in [-0.05, 0) is 47.4 Å². The average molecular weight is 461 g/mol. The van der Waals surface area contributed by atoms with Crippen LogP contribution in [0.1, 0.15) is 18.1 Å². The maximum absolute atomic E-state index is 10.1. The number of aromatic hydroxyl groups is 1. The van der Waals surface area contributed by atoms with Crippen molar-refractivity contribution < 1.29 is 9.84 Å². The third kappa shape index (κ3) is 6.20. The summed E-state index contributed by atoms with van der Waals surface area (Å²) in [4.78, 5) is 4.56. The number of halogens is 1. The van der Waals surface area contributed by atoms with Gasteiger partial charge in [-0.25, -0.2) is 4.99 Å². The van der Waals surface area contributed by atoms with Crippen LogP contribution in [0.5, 0.6) is 11.5 Å². The van der Waals surface area contributed by atoms with E-state index in [0.29, 0.717) is 25.3 Å². The van der Waals surface area contributed by atoms with Gasteiger partial charge in [0, 0.05) is 13.1 Å². The predicted molar refractivity (Wildman–Crippen MR) is 111 cm³/mol. The van der Waals surface area contributed by atoms with Crippen LogP contribution in [0.25, 0.3) is 0 Å². The highest BCUT2D eigenvalue weighted by molar-refractivity contribution is 14.0. The standard InChI is InChI=1S/C17H23N3O2S.HI/c1-3-18-17(20-11-13-8-10-23-12-13)19-9-7-14-5-4-6-15(22-2)16(14)21;/h4-6,8,10,12,21H,3,7,9,11H2,1-2H3,(H2,18,19,20);1H. The van der Waals surface area contributed by atoms with Gasteiger partial charge < -0.3 is 20.5 Å². The summed E-state index contributed by atoms with van der Waals surface area (Å²) in [6, 6.07) is 7.60. The zero-order valence-electron chi connectivity index (χ0n) is 13.9. The summed E-state index contributed by atoms with van der Waals surface area (Å²) < 4.78 is 5.13. The number of guanidine groups is 1. The normalized spacial score (nSPS) is 10.8. The number of phenols is 1. The lowest BCUT2D eigenvalue weighted by atomic mass is 10.1. The van der Waals surface area contributed by atoms with Crippen molar-refractivity contribution in [3.05, 3.63) is 46.2 Å². The maximum atomic E-state index is 10.1. The van der Waals surface area contributed by atoms with E-state index < -0.39 is 0 Å². The van der Waals surface area contributed by atoms with E-state index in [1.165, 1.54) is 5.56 Å². The smallest absolute Gasteiger partial charge is 0.191 e. The Kier molecular flexibility index (Phi) is 9.55. The number of rotatable bonds is 7. The van der Waals surface area contributed by atoms with Crippen LogP contribution in [-0.2, 0) is 13.0 Å². The van der Waals surface area contributed by atoms with Crippen LogP contribution in [0.3, 0.4) is 0 Å². The Bertz CT molecular complexity index is 633. The highest BCUT2D eigenvalue weighted by Crippen LogP contribution is 2.29. The first-order valence-electron chi connectivity index (χ1n) is 7.62. The predicted octanol–water partition coefficient (Wildman–Crippen LogP) is 3.38. The molecule has 0 amide bonds. The van der Waals surface area contributed by atoms with Crippen LogP contribution >= 0.6 is 35.3 Å². The zero-order chi connectivity index (χ0) is 16.5. The molecule has 7 heteroatoms. The van der Waals surface area contributed by atoms with Gasteiger partial charge in [-0.15, -0.1) is 24.0 Å². The molecule has 0 saturated heterocycles. The topological polar surface area (TPSA) is 65.9 Å². The first-order valence-corrected chi connectivity index (χ1v) is 8.57. The van der Waals surface area contributed by atoms with E-state index in [1.54, 1.807) is 24.5 Å². The van der Waals surface area contributed by atoms with Crippen LogP contribution in [-0.4, -0.2) is 31.3 Å². The van der Waals surface area contributed by atoms with Gasteiger partial charge in [0.2, 0.25) is 0 Å². The van der Waals surface area contributed by atoms with Crippen molar-refractivity contribution in [1.29, 1.82) is 0 Å². The number of hydrogen-bond donors (Lipinski definition) is 3. The van der Waals surface area contributed by atoms with Crippen molar-refractivity contribution in [1.82, 2.24) is 10.6 Å². The molecule has 1 heterocycles. The van der Waals surface area contributed by atoms with Crippen LogP contribution < -0.4 is 15.4 Å². The summed E-state index contributed by atoms with van der Waals surface area (Å²) in [6.07, 6.45) is 0.686. The van der Waals surface area contributed by atoms with Gasteiger partial charge in [0.15, 0.2) is 17.5 Å². The molecule has 0 atom stereocenters. The van der Waals surface area contributed by atoms with Gasteiger partial charge in [-0.2, -0.15) is 11.3 Å². The minimum absolute atomic E-state index is 0. The number of phenolic OH excluding ortho intramolecular Hbond substituents is 1. The van der Waals surface area contributed by atoms with Crippen LogP contribution in [0.2, 0.25) is 0 Å². The number of para-hydroxylation sites is 1. The number of aliphatic imine (C=N–C) groups is 1. The van der Waals surface area contributed by atoms with Gasteiger partial charge in [0.1, 0.15) is 0 Å². The molecule has 1 aromatic carbocycles. The monoisotopic (exact) mass is 461 g/mol. The maximum Gasteiger partial charge on any atom is 0.191 e. The van der Waals surface area contributed by atoms with Crippen molar-refractivity contribution in [2.24, 2.45) is 4.99 Å². The fourth-order valence-electron chi connectivity index (χ4n) is 2.14. The molecule has 24 heavy (non-hydrogen) atoms. The Morgan fingerprint density at radius 1 is 1.29 bits per heavy atom. The lowest BCUT2D eigenvalue weighted by Crippen LogP contribution is -2.38. The lowest BCUT2D eigenvalue weighted by molar-refractivity contribution is 0.370. The molecule has 0 radical (unpaired) electrons. The molecule has 0 aliphatic heterocycles. The molecule has 1 aromatic heterocycles. The molecule has 0 spiro atoms. The molecule has 0 aliphatic rings. The summed E-state index contributed by atoms with van der Waals surface area (Å²) in [5.41, 5.74) is 2.06. The second kappa shape index (κ2) is 11.1. The molecule has 2 aromatic rings. The number of nitrogens with zero attached hydrogens (tertiary/aromatic N) is 1. The van der Waals surface area contributed by atoms with Crippen molar-refractivity contribution in [2.45, 2.75) is 19.9 Å². The highest BCUT2D eigenvalue weighted by Gasteiger charge is 2.07. The number of benzene rings is 1. The summed E-state index contributed by atoms with van der Waals surface area (Å²) >= 11 is 1.68. The molecule has 0 fully saturated rings. The summed E-state index contributed by atoms with van der Waals surface area (Å²) in [7, 11) is 1.55. The van der Waals surface area contributed by atoms with Crippen LogP contribution in [0, 0.1) is 0 Å². The van der Waals surface area contributed by atoms with Crippen molar-refractivity contribution >= 4 is 41.3 Å². The SMILES string of the molecule is CCNC(=NCc1ccsc1)NCCc1cccc(OC)c1O.I. The van der Waals surface area contributed by atoms with Gasteiger partial charge in [0.05, 0.1) is 13.7 Å². The van der Waals surface area contributed by atoms with E-state index in [1.807, 2.05) is 19.1 Å². The minimum Gasteiger partial charge on any atom is -0.504 e. The Labute approximate surface area is 164 Å². The van der Waals surface area contributed by atoms with Gasteiger partial charge >= 0.3 is 0 Å². The summed E-state index contributed by atoms with van der Waals surface area (Å²) in [5.74, 6) is 1.48. The molecule has 2 rings (SSSR count). The number of ether oxygens (including phenoxy) is 1. The molecule has 132 valence electrons. The second-order valence-electron chi connectivity index (χ2n) is 4.97. The van der Waals surface area contributed by atoms with Gasteiger partial charge in [-0.1, -0.05) is 12.1 Å². The van der Waals surface area contributed by atoms with Crippen molar-refractivity contribution in [3.63, 3.8) is 0 Å². The largest absolute Gasteiger partial charge is 0.504 e. The van der Waals surface area contributed by atoms with Gasteiger partial charge in [0.25, 0.3) is 0 Å². The van der Waals surface area contributed by atoms with E-state index in [9.17, 15) is 5.11 Å². The minimum atomic E-state index is 0. The summed E-state index contributed by atoms with van der Waals surface area (Å²) in [6.45, 7) is 4.18. The first-order chi connectivity index (χ1) is 11.2. The highest BCUT2D eigenvalue weighted by atomic mass is 127. The van der Waals surface area contributed by atoms with E-state index in [0.717, 1.165) is 18.1 Å². The first kappa shape index (κ1) is 20.6. The van der Waals surface area contributed by atoms with E-state index in [4.69, 9.17) is 4.74 Å². The third-order valence-electron chi connectivity index (χ3n) is 3.33. The molecule has 0 bridgehead atoms. The van der Waals surface area contributed by atoms with Gasteiger partial charge in [-0.3, -0.25) is 0 Å². The Morgan fingerprint density at radius 2 is 2.12 bits per heavy atom. The Balaban J connectivity index is 0.00000288. The average Bonchev–Trinajstić information content (AvgIpc) is 3.07. The lowest BCUT2D eigenvalue weighted by Gasteiger charge is -2.12. The quantitative estimate of drug-likeness (QED) is 0.336. The fourth-order valence-corrected chi connectivity index (χ4v) is 2.80. The number of thiophene rings is 1. The molecule has 0 unspecified atom stereocenters. The van der Waals surface area contributed by atoms with Crippen molar-refractivity contribution in [3.8, 4) is 11.5 Å². The molecular formula is C17H24IN3O2S. The number of methoxy groups -OCH3 is 1. The molecular weight excluding hydrogens is 437 g/mol. The number of hydrogen-bond acceptors (Lipinski definition) is 4. The Hall–Kier alpha value is -1.48. The zero-order valence-corrected chi connectivity index (χ0v) is 17.1. The third-order valence-corrected chi connectivity index (χ3v) is 4.07. The van der Waals surface area contributed by atoms with Crippen LogP contribution in [0.4, 0.5) is 0 Å². The van der Waals surface area contributed by atoms with Crippen LogP contribution in [0.15, 0.2) is 40.0 Å². The van der Waals surface area contributed by atoms with E-state index in [-0.39, 0.29) is 29.7 Å². The summed E-state index contributed by atoms with van der Waals surface area (Å²) in [5, 5.41) is 20.7. The molecule has 5 nitrogen and oxygen atoms in total. The van der Waals surface area contributed by atoms with E-state index >= 15 is 0 Å². The Morgan fingerprint density at radius 3 is 2.79 bits per heavy atom.